The molecular formula is C15H15BrNO+. The Morgan fingerprint density at radius 2 is 1.89 bits per heavy atom. The number of aryl methyl sites for hydroxylation is 1. The molecule has 0 N–H and O–H groups in total. The largest absolute Gasteiger partial charge is 0.287 e. The molecule has 92 valence electrons. The van der Waals surface area contributed by atoms with E-state index >= 15 is 0 Å². The lowest BCUT2D eigenvalue weighted by Crippen LogP contribution is -2.41. The first-order valence-corrected chi connectivity index (χ1v) is 6.64. The second-order valence-corrected chi connectivity index (χ2v) is 5.29. The summed E-state index contributed by atoms with van der Waals surface area (Å²) in [5.41, 5.74) is 1.88. The summed E-state index contributed by atoms with van der Waals surface area (Å²) in [5, 5.41) is 0. The van der Waals surface area contributed by atoms with E-state index in [9.17, 15) is 4.79 Å². The molecule has 0 radical (unpaired) electrons. The number of aromatic nitrogens is 1. The SMILES string of the molecule is Cc1ccc[n+]([C@@H](C)C(=O)c2ccc(Br)cc2)c1. The van der Waals surface area contributed by atoms with Crippen molar-refractivity contribution in [3.05, 3.63) is 64.4 Å². The van der Waals surface area contributed by atoms with Crippen LogP contribution in [0.15, 0.2) is 53.3 Å². The van der Waals surface area contributed by atoms with Crippen LogP contribution in [0.4, 0.5) is 0 Å². The van der Waals surface area contributed by atoms with Crippen molar-refractivity contribution in [2.24, 2.45) is 0 Å². The second-order valence-electron chi connectivity index (χ2n) is 4.38. The molecule has 0 spiro atoms. The fourth-order valence-electron chi connectivity index (χ4n) is 1.85. The highest BCUT2D eigenvalue weighted by Crippen LogP contribution is 2.14. The molecule has 2 nitrogen and oxygen atoms in total. The van der Waals surface area contributed by atoms with Crippen LogP contribution in [0.5, 0.6) is 0 Å². The van der Waals surface area contributed by atoms with E-state index in [-0.39, 0.29) is 11.8 Å². The van der Waals surface area contributed by atoms with Gasteiger partial charge in [-0.25, -0.2) is 0 Å². The molecule has 0 unspecified atom stereocenters. The molecule has 2 aromatic rings. The Bertz CT molecular complexity index is 563. The van der Waals surface area contributed by atoms with Gasteiger partial charge in [-0.15, -0.1) is 0 Å². The number of carbonyl (C=O) groups excluding carboxylic acids is 1. The number of halogens is 1. The zero-order valence-corrected chi connectivity index (χ0v) is 12.0. The molecule has 18 heavy (non-hydrogen) atoms. The summed E-state index contributed by atoms with van der Waals surface area (Å²) in [4.78, 5) is 12.3. The first-order valence-electron chi connectivity index (χ1n) is 5.85. The fraction of sp³-hybridized carbons (Fsp3) is 0.200. The van der Waals surface area contributed by atoms with E-state index in [0.717, 1.165) is 15.6 Å². The number of nitrogens with zero attached hydrogens (tertiary/aromatic N) is 1. The first-order chi connectivity index (χ1) is 8.58. The van der Waals surface area contributed by atoms with Crippen LogP contribution in [0.3, 0.4) is 0 Å². The van der Waals surface area contributed by atoms with E-state index in [2.05, 4.69) is 15.9 Å². The summed E-state index contributed by atoms with van der Waals surface area (Å²) in [6.07, 6.45) is 3.91. The summed E-state index contributed by atoms with van der Waals surface area (Å²) >= 11 is 3.37. The molecule has 2 rings (SSSR count). The Balaban J connectivity index is 2.26. The maximum Gasteiger partial charge on any atom is 0.230 e. The molecule has 0 aliphatic carbocycles. The monoisotopic (exact) mass is 304 g/mol. The van der Waals surface area contributed by atoms with Crippen molar-refractivity contribution in [1.82, 2.24) is 0 Å². The average Bonchev–Trinajstić information content (AvgIpc) is 2.38. The van der Waals surface area contributed by atoms with E-state index in [1.54, 1.807) is 0 Å². The van der Waals surface area contributed by atoms with Gasteiger partial charge < -0.3 is 0 Å². The van der Waals surface area contributed by atoms with Gasteiger partial charge in [0.1, 0.15) is 0 Å². The van der Waals surface area contributed by atoms with Gasteiger partial charge >= 0.3 is 0 Å². The molecule has 0 fully saturated rings. The van der Waals surface area contributed by atoms with Crippen molar-refractivity contribution in [3.8, 4) is 0 Å². The molecule has 1 atom stereocenters. The predicted molar refractivity (Wildman–Crippen MR) is 74.6 cm³/mol. The fourth-order valence-corrected chi connectivity index (χ4v) is 2.11. The second kappa shape index (κ2) is 5.44. The van der Waals surface area contributed by atoms with Gasteiger partial charge in [0.25, 0.3) is 0 Å². The van der Waals surface area contributed by atoms with Gasteiger partial charge in [0.05, 0.1) is 0 Å². The molecule has 1 heterocycles. The Morgan fingerprint density at radius 3 is 2.50 bits per heavy atom. The van der Waals surface area contributed by atoms with E-state index < -0.39 is 0 Å². The number of rotatable bonds is 3. The summed E-state index contributed by atoms with van der Waals surface area (Å²) in [6, 6.07) is 11.3. The van der Waals surface area contributed by atoms with Crippen LogP contribution in [0.25, 0.3) is 0 Å². The van der Waals surface area contributed by atoms with Gasteiger partial charge in [-0.2, -0.15) is 4.57 Å². The molecule has 0 bridgehead atoms. The van der Waals surface area contributed by atoms with E-state index in [1.165, 1.54) is 0 Å². The number of pyridine rings is 1. The lowest BCUT2D eigenvalue weighted by molar-refractivity contribution is -0.705. The summed E-state index contributed by atoms with van der Waals surface area (Å²) in [6.45, 7) is 3.94. The number of ketones is 1. The third-order valence-corrected chi connectivity index (χ3v) is 3.45. The Hall–Kier alpha value is -1.48. The average molecular weight is 305 g/mol. The highest BCUT2D eigenvalue weighted by molar-refractivity contribution is 9.10. The molecular weight excluding hydrogens is 290 g/mol. The lowest BCUT2D eigenvalue weighted by Gasteiger charge is -2.07. The van der Waals surface area contributed by atoms with Crippen LogP contribution in [-0.2, 0) is 0 Å². The Labute approximate surface area is 115 Å². The van der Waals surface area contributed by atoms with Gasteiger partial charge in [-0.05, 0) is 25.1 Å². The van der Waals surface area contributed by atoms with E-state index in [4.69, 9.17) is 0 Å². The smallest absolute Gasteiger partial charge is 0.230 e. The van der Waals surface area contributed by atoms with Gasteiger partial charge in [0.2, 0.25) is 11.8 Å². The number of Topliss-reactive ketones (excluding diaryl/α,β-unsaturated/α-hetero) is 1. The summed E-state index contributed by atoms with van der Waals surface area (Å²) in [7, 11) is 0. The topological polar surface area (TPSA) is 20.9 Å². The maximum atomic E-state index is 12.3. The van der Waals surface area contributed by atoms with Crippen molar-refractivity contribution in [2.75, 3.05) is 0 Å². The highest BCUT2D eigenvalue weighted by atomic mass is 79.9. The quantitative estimate of drug-likeness (QED) is 0.628. The number of benzene rings is 1. The lowest BCUT2D eigenvalue weighted by atomic mass is 10.1. The molecule has 0 aliphatic heterocycles. The third-order valence-electron chi connectivity index (χ3n) is 2.93. The molecule has 0 saturated carbocycles. The van der Waals surface area contributed by atoms with Gasteiger partial charge in [-0.1, -0.05) is 28.1 Å². The van der Waals surface area contributed by atoms with Gasteiger partial charge in [0.15, 0.2) is 12.4 Å². The standard InChI is InChI=1S/C15H15BrNO/c1-11-4-3-9-17(10-11)12(2)15(18)13-5-7-14(16)8-6-13/h3-10,12H,1-2H3/q+1/t12-/m0/s1. The van der Waals surface area contributed by atoms with Crippen LogP contribution in [0, 0.1) is 6.92 Å². The highest BCUT2D eigenvalue weighted by Gasteiger charge is 2.23. The third kappa shape index (κ3) is 2.85. The van der Waals surface area contributed by atoms with Crippen molar-refractivity contribution >= 4 is 21.7 Å². The van der Waals surface area contributed by atoms with Crippen LogP contribution in [0.1, 0.15) is 28.9 Å². The molecule has 0 amide bonds. The summed E-state index contributed by atoms with van der Waals surface area (Å²) in [5.74, 6) is 0.123. The number of hydrogen-bond donors (Lipinski definition) is 0. The number of hydrogen-bond acceptors (Lipinski definition) is 1. The Morgan fingerprint density at radius 1 is 1.22 bits per heavy atom. The van der Waals surface area contributed by atoms with Crippen LogP contribution in [-0.4, -0.2) is 5.78 Å². The normalized spacial score (nSPS) is 12.2. The van der Waals surface area contributed by atoms with Gasteiger partial charge in [-0.3, -0.25) is 4.79 Å². The maximum absolute atomic E-state index is 12.3. The van der Waals surface area contributed by atoms with E-state index in [0.29, 0.717) is 0 Å². The van der Waals surface area contributed by atoms with Crippen molar-refractivity contribution in [3.63, 3.8) is 0 Å². The van der Waals surface area contributed by atoms with E-state index in [1.807, 2.05) is 67.2 Å². The molecule has 1 aromatic carbocycles. The zero-order valence-electron chi connectivity index (χ0n) is 10.4. The minimum absolute atomic E-state index is 0.123. The zero-order chi connectivity index (χ0) is 13.1. The van der Waals surface area contributed by atoms with Crippen molar-refractivity contribution < 1.29 is 9.36 Å². The molecule has 0 aliphatic rings. The van der Waals surface area contributed by atoms with Crippen molar-refractivity contribution in [1.29, 1.82) is 0 Å². The summed E-state index contributed by atoms with van der Waals surface area (Å²) < 4.78 is 2.93. The van der Waals surface area contributed by atoms with Crippen LogP contribution < -0.4 is 4.57 Å². The Kier molecular flexibility index (Phi) is 3.92. The predicted octanol–water partition coefficient (Wildman–Crippen LogP) is 3.49. The van der Waals surface area contributed by atoms with Gasteiger partial charge in [0, 0.05) is 28.6 Å². The van der Waals surface area contributed by atoms with Crippen LogP contribution >= 0.6 is 15.9 Å². The number of carbonyl (C=O) groups is 1. The molecule has 0 saturated heterocycles. The minimum atomic E-state index is -0.189. The van der Waals surface area contributed by atoms with Crippen molar-refractivity contribution in [2.45, 2.75) is 19.9 Å². The molecule has 1 aromatic heterocycles. The minimum Gasteiger partial charge on any atom is -0.287 e. The molecule has 3 heteroatoms. The van der Waals surface area contributed by atoms with Crippen LogP contribution in [0.2, 0.25) is 0 Å². The first kappa shape index (κ1) is 13.0.